The molecule has 7 nitrogen and oxygen atoms in total. The fourth-order valence-electron chi connectivity index (χ4n) is 2.97. The molecule has 0 fully saturated rings. The van der Waals surface area contributed by atoms with Crippen molar-refractivity contribution < 1.29 is 18.7 Å². The number of amides is 1. The van der Waals surface area contributed by atoms with Crippen molar-refractivity contribution in [2.24, 2.45) is 0 Å². The van der Waals surface area contributed by atoms with Crippen molar-refractivity contribution in [2.45, 2.75) is 13.5 Å². The van der Waals surface area contributed by atoms with Crippen molar-refractivity contribution in [3.8, 4) is 28.8 Å². The molecule has 0 atom stereocenters. The van der Waals surface area contributed by atoms with Crippen LogP contribution in [0.15, 0.2) is 77.3 Å². The molecule has 4 aromatic rings. The molecule has 7 heteroatoms. The first-order valence-corrected chi connectivity index (χ1v) is 9.69. The Kier molecular flexibility index (Phi) is 5.93. The molecule has 1 amide bonds. The number of nitrogens with one attached hydrogen (secondary N) is 1. The molecule has 0 aliphatic heterocycles. The molecule has 2 heterocycles. The molecule has 0 saturated heterocycles. The molecule has 0 saturated carbocycles. The Morgan fingerprint density at radius 2 is 1.87 bits per heavy atom. The highest BCUT2D eigenvalue weighted by molar-refractivity contribution is 5.95. The van der Waals surface area contributed by atoms with E-state index in [9.17, 15) is 4.79 Å². The number of ether oxygens (including phenoxy) is 2. The summed E-state index contributed by atoms with van der Waals surface area (Å²) in [4.78, 5) is 21.3. The van der Waals surface area contributed by atoms with Crippen molar-refractivity contribution in [1.82, 2.24) is 15.3 Å². The lowest BCUT2D eigenvalue weighted by atomic mass is 10.1. The SMILES string of the molecule is COc1cccc(Oc2ccnc(-c3cccc(C(=O)NCc4ccc(C)o4)c3)n2)c1. The summed E-state index contributed by atoms with van der Waals surface area (Å²) < 4.78 is 16.5. The smallest absolute Gasteiger partial charge is 0.251 e. The molecule has 2 aromatic carbocycles. The molecule has 0 radical (unpaired) electrons. The lowest BCUT2D eigenvalue weighted by Gasteiger charge is -2.08. The van der Waals surface area contributed by atoms with Gasteiger partial charge in [0.1, 0.15) is 23.0 Å². The van der Waals surface area contributed by atoms with Gasteiger partial charge in [0.25, 0.3) is 5.91 Å². The van der Waals surface area contributed by atoms with Gasteiger partial charge in [0.15, 0.2) is 5.82 Å². The van der Waals surface area contributed by atoms with E-state index >= 15 is 0 Å². The maximum absolute atomic E-state index is 12.5. The van der Waals surface area contributed by atoms with Gasteiger partial charge in [-0.15, -0.1) is 0 Å². The van der Waals surface area contributed by atoms with Crippen molar-refractivity contribution in [3.05, 3.63) is 90.0 Å². The monoisotopic (exact) mass is 415 g/mol. The molecule has 0 spiro atoms. The quantitative estimate of drug-likeness (QED) is 0.468. The zero-order valence-electron chi connectivity index (χ0n) is 17.2. The molecule has 156 valence electrons. The lowest BCUT2D eigenvalue weighted by molar-refractivity contribution is 0.0948. The van der Waals surface area contributed by atoms with E-state index in [0.29, 0.717) is 46.6 Å². The van der Waals surface area contributed by atoms with E-state index in [1.165, 1.54) is 0 Å². The number of furan rings is 1. The normalized spacial score (nSPS) is 10.5. The Bertz CT molecular complexity index is 1200. The van der Waals surface area contributed by atoms with E-state index in [0.717, 1.165) is 5.76 Å². The zero-order chi connectivity index (χ0) is 21.6. The summed E-state index contributed by atoms with van der Waals surface area (Å²) in [6, 6.07) is 19.7. The Hall–Kier alpha value is -4.13. The van der Waals surface area contributed by atoms with Gasteiger partial charge in [-0.25, -0.2) is 4.98 Å². The minimum absolute atomic E-state index is 0.209. The summed E-state index contributed by atoms with van der Waals surface area (Å²) in [5, 5.41) is 2.85. The standard InChI is InChI=1S/C24H21N3O4/c1-16-9-10-21(30-16)15-26-24(28)18-6-3-5-17(13-18)23-25-12-11-22(27-23)31-20-8-4-7-19(14-20)29-2/h3-14H,15H2,1-2H3,(H,26,28). The molecule has 0 aliphatic carbocycles. The van der Waals surface area contributed by atoms with Crippen LogP contribution in [0.5, 0.6) is 17.4 Å². The van der Waals surface area contributed by atoms with Crippen LogP contribution in [0.3, 0.4) is 0 Å². The van der Waals surface area contributed by atoms with Crippen molar-refractivity contribution >= 4 is 5.91 Å². The minimum Gasteiger partial charge on any atom is -0.497 e. The van der Waals surface area contributed by atoms with Crippen molar-refractivity contribution in [2.75, 3.05) is 7.11 Å². The Morgan fingerprint density at radius 3 is 2.68 bits per heavy atom. The maximum Gasteiger partial charge on any atom is 0.251 e. The number of carbonyl (C=O) groups excluding carboxylic acids is 1. The van der Waals surface area contributed by atoms with Crippen LogP contribution < -0.4 is 14.8 Å². The topological polar surface area (TPSA) is 86.5 Å². The third-order valence-corrected chi connectivity index (χ3v) is 4.50. The summed E-state index contributed by atoms with van der Waals surface area (Å²) in [7, 11) is 1.60. The maximum atomic E-state index is 12.5. The van der Waals surface area contributed by atoms with Gasteiger partial charge in [-0.05, 0) is 43.3 Å². The number of aryl methyl sites for hydroxylation is 1. The van der Waals surface area contributed by atoms with Gasteiger partial charge in [-0.1, -0.05) is 18.2 Å². The first-order valence-electron chi connectivity index (χ1n) is 9.69. The highest BCUT2D eigenvalue weighted by Gasteiger charge is 2.11. The summed E-state index contributed by atoms with van der Waals surface area (Å²) in [6.07, 6.45) is 1.61. The molecular weight excluding hydrogens is 394 g/mol. The van der Waals surface area contributed by atoms with E-state index in [4.69, 9.17) is 13.9 Å². The number of rotatable bonds is 7. The fraction of sp³-hybridized carbons (Fsp3) is 0.125. The Balaban J connectivity index is 1.49. The number of hydrogen-bond acceptors (Lipinski definition) is 6. The van der Waals surface area contributed by atoms with E-state index in [2.05, 4.69) is 15.3 Å². The second-order valence-corrected chi connectivity index (χ2v) is 6.78. The van der Waals surface area contributed by atoms with Gasteiger partial charge < -0.3 is 19.2 Å². The third-order valence-electron chi connectivity index (χ3n) is 4.50. The summed E-state index contributed by atoms with van der Waals surface area (Å²) in [5.41, 5.74) is 1.21. The van der Waals surface area contributed by atoms with Crippen molar-refractivity contribution in [1.29, 1.82) is 0 Å². The molecule has 2 aromatic heterocycles. The number of aromatic nitrogens is 2. The fourth-order valence-corrected chi connectivity index (χ4v) is 2.97. The van der Waals surface area contributed by atoms with Gasteiger partial charge in [0.2, 0.25) is 5.88 Å². The van der Waals surface area contributed by atoms with Gasteiger partial charge in [-0.2, -0.15) is 4.98 Å². The van der Waals surface area contributed by atoms with Gasteiger partial charge in [0.05, 0.1) is 13.7 Å². The van der Waals surface area contributed by atoms with Gasteiger partial charge >= 0.3 is 0 Å². The summed E-state index contributed by atoms with van der Waals surface area (Å²) >= 11 is 0. The summed E-state index contributed by atoms with van der Waals surface area (Å²) in [6.45, 7) is 2.18. The Morgan fingerprint density at radius 1 is 1.03 bits per heavy atom. The number of benzene rings is 2. The molecular formula is C24H21N3O4. The molecule has 0 bridgehead atoms. The summed E-state index contributed by atoms with van der Waals surface area (Å²) in [5.74, 6) is 3.44. The van der Waals surface area contributed by atoms with Crippen LogP contribution in [-0.2, 0) is 6.54 Å². The van der Waals surface area contributed by atoms with E-state index in [1.807, 2.05) is 43.3 Å². The molecule has 1 N–H and O–H groups in total. The largest absolute Gasteiger partial charge is 0.497 e. The number of hydrogen-bond donors (Lipinski definition) is 1. The van der Waals surface area contributed by atoms with Crippen molar-refractivity contribution in [3.63, 3.8) is 0 Å². The van der Waals surface area contributed by atoms with Gasteiger partial charge in [0, 0.05) is 29.5 Å². The van der Waals surface area contributed by atoms with Crippen LogP contribution in [0.4, 0.5) is 0 Å². The second kappa shape index (κ2) is 9.13. The highest BCUT2D eigenvalue weighted by Crippen LogP contribution is 2.25. The predicted molar refractivity (Wildman–Crippen MR) is 115 cm³/mol. The van der Waals surface area contributed by atoms with Crippen LogP contribution in [0.25, 0.3) is 11.4 Å². The van der Waals surface area contributed by atoms with Crippen LogP contribution in [0.2, 0.25) is 0 Å². The zero-order valence-corrected chi connectivity index (χ0v) is 17.2. The van der Waals surface area contributed by atoms with Crippen LogP contribution in [0.1, 0.15) is 21.9 Å². The average Bonchev–Trinajstić information content (AvgIpc) is 3.23. The number of nitrogens with zero attached hydrogens (tertiary/aromatic N) is 2. The van der Waals surface area contributed by atoms with Crippen LogP contribution in [0, 0.1) is 6.92 Å². The molecule has 4 rings (SSSR count). The highest BCUT2D eigenvalue weighted by atomic mass is 16.5. The second-order valence-electron chi connectivity index (χ2n) is 6.78. The third kappa shape index (κ3) is 5.08. The Labute approximate surface area is 179 Å². The van der Waals surface area contributed by atoms with E-state index in [1.54, 1.807) is 43.6 Å². The first kappa shape index (κ1) is 20.2. The lowest BCUT2D eigenvalue weighted by Crippen LogP contribution is -2.22. The number of carbonyl (C=O) groups is 1. The minimum atomic E-state index is -0.209. The van der Waals surface area contributed by atoms with E-state index in [-0.39, 0.29) is 5.91 Å². The average molecular weight is 415 g/mol. The molecule has 0 unspecified atom stereocenters. The molecule has 31 heavy (non-hydrogen) atoms. The molecule has 0 aliphatic rings. The first-order chi connectivity index (χ1) is 15.1. The van der Waals surface area contributed by atoms with E-state index < -0.39 is 0 Å². The van der Waals surface area contributed by atoms with Gasteiger partial charge in [-0.3, -0.25) is 4.79 Å². The number of methoxy groups -OCH3 is 1. The van der Waals surface area contributed by atoms with Crippen LogP contribution >= 0.6 is 0 Å². The van der Waals surface area contributed by atoms with Crippen LogP contribution in [-0.4, -0.2) is 23.0 Å². The predicted octanol–water partition coefficient (Wildman–Crippen LogP) is 4.78.